The molecule has 2 heterocycles. The molecule has 0 saturated carbocycles. The summed E-state index contributed by atoms with van der Waals surface area (Å²) in [5.41, 5.74) is 1.02. The second kappa shape index (κ2) is 7.30. The molecule has 0 bridgehead atoms. The van der Waals surface area contributed by atoms with Crippen molar-refractivity contribution in [2.45, 2.75) is 26.7 Å². The van der Waals surface area contributed by atoms with Gasteiger partial charge in [0.05, 0.1) is 5.01 Å². The Morgan fingerprint density at radius 2 is 2.20 bits per heavy atom. The Bertz CT molecular complexity index is 566. The number of nitrogens with one attached hydrogen (secondary N) is 2. The van der Waals surface area contributed by atoms with E-state index in [1.165, 1.54) is 11.3 Å². The van der Waals surface area contributed by atoms with E-state index in [4.69, 9.17) is 0 Å². The van der Waals surface area contributed by atoms with Crippen LogP contribution in [-0.2, 0) is 6.42 Å². The van der Waals surface area contributed by atoms with Crippen LogP contribution in [0.3, 0.4) is 0 Å². The average molecular weight is 311 g/mol. The van der Waals surface area contributed by atoms with Crippen LogP contribution in [-0.4, -0.2) is 34.2 Å². The highest BCUT2D eigenvalue weighted by molar-refractivity contribution is 7.17. The van der Waals surface area contributed by atoms with Gasteiger partial charge in [0.25, 0.3) is 5.91 Å². The molecule has 0 aliphatic carbocycles. The second-order valence-corrected chi connectivity index (χ2v) is 6.15. The van der Waals surface area contributed by atoms with Crippen molar-refractivity contribution in [3.05, 3.63) is 21.1 Å². The van der Waals surface area contributed by atoms with E-state index in [1.54, 1.807) is 11.3 Å². The minimum Gasteiger partial charge on any atom is -0.360 e. The Kier molecular flexibility index (Phi) is 5.42. The lowest BCUT2D eigenvalue weighted by Crippen LogP contribution is -2.25. The first-order valence-corrected chi connectivity index (χ1v) is 8.15. The molecular formula is C12H17N5OS2. The van der Waals surface area contributed by atoms with Gasteiger partial charge in [0.2, 0.25) is 10.1 Å². The normalized spacial score (nSPS) is 10.5. The van der Waals surface area contributed by atoms with E-state index >= 15 is 0 Å². The maximum Gasteiger partial charge on any atom is 0.282 e. The number of aryl methyl sites for hydroxylation is 1. The Labute approximate surface area is 125 Å². The van der Waals surface area contributed by atoms with Gasteiger partial charge in [-0.3, -0.25) is 4.79 Å². The molecule has 0 fully saturated rings. The van der Waals surface area contributed by atoms with Gasteiger partial charge >= 0.3 is 0 Å². The van der Waals surface area contributed by atoms with Crippen molar-refractivity contribution < 1.29 is 4.79 Å². The summed E-state index contributed by atoms with van der Waals surface area (Å²) < 4.78 is 0. The number of nitrogens with zero attached hydrogens (tertiary/aromatic N) is 3. The monoisotopic (exact) mass is 311 g/mol. The van der Waals surface area contributed by atoms with Crippen LogP contribution < -0.4 is 10.6 Å². The van der Waals surface area contributed by atoms with Crippen molar-refractivity contribution in [1.29, 1.82) is 0 Å². The van der Waals surface area contributed by atoms with Crippen molar-refractivity contribution in [3.8, 4) is 0 Å². The summed E-state index contributed by atoms with van der Waals surface area (Å²) in [4.78, 5) is 16.2. The average Bonchev–Trinajstić information content (AvgIpc) is 3.05. The summed E-state index contributed by atoms with van der Waals surface area (Å²) in [6.45, 7) is 5.43. The van der Waals surface area contributed by atoms with Crippen molar-refractivity contribution in [3.63, 3.8) is 0 Å². The van der Waals surface area contributed by atoms with E-state index in [9.17, 15) is 4.79 Å². The third-order valence-electron chi connectivity index (χ3n) is 2.44. The van der Waals surface area contributed by atoms with E-state index in [-0.39, 0.29) is 5.91 Å². The van der Waals surface area contributed by atoms with E-state index in [0.29, 0.717) is 16.7 Å². The van der Waals surface area contributed by atoms with Gasteiger partial charge in [-0.2, -0.15) is 0 Å². The Morgan fingerprint density at radius 1 is 1.35 bits per heavy atom. The van der Waals surface area contributed by atoms with E-state index in [1.807, 2.05) is 12.3 Å². The molecule has 0 aromatic carbocycles. The largest absolute Gasteiger partial charge is 0.360 e. The molecule has 2 N–H and O–H groups in total. The number of aromatic nitrogens is 3. The van der Waals surface area contributed by atoms with Crippen LogP contribution >= 0.6 is 22.7 Å². The summed E-state index contributed by atoms with van der Waals surface area (Å²) in [6.07, 6.45) is 1.75. The van der Waals surface area contributed by atoms with Crippen LogP contribution in [0.5, 0.6) is 0 Å². The summed E-state index contributed by atoms with van der Waals surface area (Å²) in [5.74, 6) is -0.180. The summed E-state index contributed by atoms with van der Waals surface area (Å²) in [6, 6.07) is 0. The highest BCUT2D eigenvalue weighted by Gasteiger charge is 2.12. The molecule has 0 unspecified atom stereocenters. The molecule has 0 spiro atoms. The molecule has 0 aliphatic heterocycles. The summed E-state index contributed by atoms with van der Waals surface area (Å²) >= 11 is 2.89. The quantitative estimate of drug-likeness (QED) is 0.818. The van der Waals surface area contributed by atoms with Gasteiger partial charge in [-0.25, -0.2) is 4.98 Å². The van der Waals surface area contributed by atoms with Crippen LogP contribution in [0.1, 0.15) is 33.8 Å². The zero-order chi connectivity index (χ0) is 14.4. The maximum atomic E-state index is 11.9. The first kappa shape index (κ1) is 14.9. The molecule has 2 aromatic heterocycles. The topological polar surface area (TPSA) is 79.8 Å². The highest BCUT2D eigenvalue weighted by atomic mass is 32.1. The van der Waals surface area contributed by atoms with Gasteiger partial charge in [-0.05, 0) is 13.3 Å². The lowest BCUT2D eigenvalue weighted by atomic mass is 10.4. The molecule has 0 atom stereocenters. The van der Waals surface area contributed by atoms with Crippen LogP contribution in [0.25, 0.3) is 0 Å². The molecule has 2 rings (SSSR count). The van der Waals surface area contributed by atoms with Gasteiger partial charge in [0.1, 0.15) is 0 Å². The molecule has 108 valence electrons. The van der Waals surface area contributed by atoms with Crippen molar-refractivity contribution in [1.82, 2.24) is 20.5 Å². The molecule has 0 radical (unpaired) electrons. The first-order chi connectivity index (χ1) is 9.69. The smallest absolute Gasteiger partial charge is 0.282 e. The zero-order valence-electron chi connectivity index (χ0n) is 11.5. The Morgan fingerprint density at radius 3 is 2.90 bits per heavy atom. The fraction of sp³-hybridized carbons (Fsp3) is 0.500. The standard InChI is InChI=1S/C12H17N5OS2/c1-3-5-14-12-17-16-11(20-12)10(18)13-6-4-9-15-8(2)7-19-9/h7H,3-6H2,1-2H3,(H,13,18)(H,14,17). The lowest BCUT2D eigenvalue weighted by Gasteiger charge is -2.00. The molecule has 0 aliphatic rings. The molecular weight excluding hydrogens is 294 g/mol. The number of thiazole rings is 1. The van der Waals surface area contributed by atoms with Crippen LogP contribution in [0.2, 0.25) is 0 Å². The summed E-state index contributed by atoms with van der Waals surface area (Å²) in [5, 5.41) is 17.9. The predicted octanol–water partition coefficient (Wildman–Crippen LogP) is 2.10. The molecule has 0 saturated heterocycles. The minimum absolute atomic E-state index is 0.180. The molecule has 1 amide bonds. The number of carbonyl (C=O) groups is 1. The Hall–Kier alpha value is -1.54. The van der Waals surface area contributed by atoms with Gasteiger partial charge in [-0.15, -0.1) is 21.5 Å². The SMILES string of the molecule is CCCNc1nnc(C(=O)NCCc2nc(C)cs2)s1. The lowest BCUT2D eigenvalue weighted by molar-refractivity contribution is 0.0953. The predicted molar refractivity (Wildman–Crippen MR) is 81.6 cm³/mol. The zero-order valence-corrected chi connectivity index (χ0v) is 13.1. The van der Waals surface area contributed by atoms with Gasteiger partial charge in [0, 0.05) is 30.6 Å². The van der Waals surface area contributed by atoms with Crippen LogP contribution in [0.4, 0.5) is 5.13 Å². The maximum absolute atomic E-state index is 11.9. The Balaban J connectivity index is 1.78. The number of carbonyl (C=O) groups excluding carboxylic acids is 1. The minimum atomic E-state index is -0.180. The molecule has 8 heteroatoms. The number of hydrogen-bond donors (Lipinski definition) is 2. The van der Waals surface area contributed by atoms with E-state index in [2.05, 4.69) is 32.7 Å². The third kappa shape index (κ3) is 4.24. The van der Waals surface area contributed by atoms with Crippen molar-refractivity contribution in [2.24, 2.45) is 0 Å². The number of rotatable bonds is 7. The fourth-order valence-corrected chi connectivity index (χ4v) is 2.96. The van der Waals surface area contributed by atoms with Crippen molar-refractivity contribution >= 4 is 33.7 Å². The van der Waals surface area contributed by atoms with E-state index < -0.39 is 0 Å². The van der Waals surface area contributed by atoms with Gasteiger partial charge in [-0.1, -0.05) is 18.3 Å². The molecule has 20 heavy (non-hydrogen) atoms. The molecule has 6 nitrogen and oxygen atoms in total. The molecule has 2 aromatic rings. The van der Waals surface area contributed by atoms with Gasteiger partial charge < -0.3 is 10.6 Å². The van der Waals surface area contributed by atoms with Crippen molar-refractivity contribution in [2.75, 3.05) is 18.4 Å². The second-order valence-electron chi connectivity index (χ2n) is 4.23. The number of amides is 1. The summed E-state index contributed by atoms with van der Waals surface area (Å²) in [7, 11) is 0. The highest BCUT2D eigenvalue weighted by Crippen LogP contribution is 2.15. The fourth-order valence-electron chi connectivity index (χ4n) is 1.49. The van der Waals surface area contributed by atoms with Crippen LogP contribution in [0, 0.1) is 6.92 Å². The van der Waals surface area contributed by atoms with E-state index in [0.717, 1.165) is 30.1 Å². The number of hydrogen-bond acceptors (Lipinski definition) is 7. The number of anilines is 1. The third-order valence-corrected chi connectivity index (χ3v) is 4.34. The van der Waals surface area contributed by atoms with Crippen LogP contribution in [0.15, 0.2) is 5.38 Å². The first-order valence-electron chi connectivity index (χ1n) is 6.45. The van der Waals surface area contributed by atoms with Gasteiger partial charge in [0.15, 0.2) is 0 Å².